The van der Waals surface area contributed by atoms with Gasteiger partial charge in [0.15, 0.2) is 0 Å². The molecule has 1 aliphatic rings. The van der Waals surface area contributed by atoms with Crippen molar-refractivity contribution in [2.24, 2.45) is 0 Å². The van der Waals surface area contributed by atoms with Gasteiger partial charge in [0.25, 0.3) is 11.1 Å². The summed E-state index contributed by atoms with van der Waals surface area (Å²) < 4.78 is 20.3. The van der Waals surface area contributed by atoms with Crippen LogP contribution in [0.2, 0.25) is 0 Å². The molecule has 0 spiro atoms. The SMILES string of the molecule is O=C1S/C(=C/c2cc(Br)c(OCc3ccc(F)cc3)c(Br)c2)C(=O)N1c1ccccc1. The number of thioether (sulfide) groups is 1. The van der Waals surface area contributed by atoms with Crippen LogP contribution in [-0.2, 0) is 11.4 Å². The highest BCUT2D eigenvalue weighted by atomic mass is 79.9. The van der Waals surface area contributed by atoms with Gasteiger partial charge in [-0.1, -0.05) is 30.3 Å². The van der Waals surface area contributed by atoms with Gasteiger partial charge in [-0.3, -0.25) is 9.59 Å². The lowest BCUT2D eigenvalue weighted by Gasteiger charge is -2.12. The molecule has 2 amide bonds. The summed E-state index contributed by atoms with van der Waals surface area (Å²) in [4.78, 5) is 26.7. The molecule has 0 radical (unpaired) electrons. The molecule has 0 aliphatic carbocycles. The number of carbonyl (C=O) groups is 2. The van der Waals surface area contributed by atoms with E-state index in [4.69, 9.17) is 4.74 Å². The highest BCUT2D eigenvalue weighted by molar-refractivity contribution is 9.11. The molecule has 4 nitrogen and oxygen atoms in total. The first-order chi connectivity index (χ1) is 14.9. The minimum absolute atomic E-state index is 0.271. The Morgan fingerprint density at radius 1 is 0.968 bits per heavy atom. The van der Waals surface area contributed by atoms with Gasteiger partial charge in [0.05, 0.1) is 19.5 Å². The van der Waals surface area contributed by atoms with Gasteiger partial charge in [-0.2, -0.15) is 0 Å². The molecule has 31 heavy (non-hydrogen) atoms. The van der Waals surface area contributed by atoms with E-state index in [9.17, 15) is 14.0 Å². The van der Waals surface area contributed by atoms with E-state index in [2.05, 4.69) is 31.9 Å². The molecule has 0 N–H and O–H groups in total. The van der Waals surface area contributed by atoms with Crippen LogP contribution in [0.15, 0.2) is 80.6 Å². The quantitative estimate of drug-likeness (QED) is 0.309. The fourth-order valence-corrected chi connectivity index (χ4v) is 5.25. The Hall–Kier alpha value is -2.42. The molecular weight excluding hydrogens is 549 g/mol. The van der Waals surface area contributed by atoms with E-state index >= 15 is 0 Å². The van der Waals surface area contributed by atoms with Crippen LogP contribution in [0.5, 0.6) is 5.75 Å². The van der Waals surface area contributed by atoms with Gasteiger partial charge >= 0.3 is 0 Å². The van der Waals surface area contributed by atoms with E-state index in [0.717, 1.165) is 22.9 Å². The lowest BCUT2D eigenvalue weighted by Crippen LogP contribution is -2.27. The van der Waals surface area contributed by atoms with Gasteiger partial charge in [0, 0.05) is 0 Å². The van der Waals surface area contributed by atoms with E-state index in [1.165, 1.54) is 17.0 Å². The number of para-hydroxylation sites is 1. The zero-order chi connectivity index (χ0) is 22.0. The van der Waals surface area contributed by atoms with Gasteiger partial charge in [-0.15, -0.1) is 0 Å². The maximum Gasteiger partial charge on any atom is 0.298 e. The number of hydrogen-bond acceptors (Lipinski definition) is 4. The molecule has 1 saturated heterocycles. The van der Waals surface area contributed by atoms with Crippen molar-refractivity contribution in [1.29, 1.82) is 0 Å². The van der Waals surface area contributed by atoms with Crippen LogP contribution in [0.25, 0.3) is 6.08 Å². The average molecular weight is 563 g/mol. The molecule has 0 atom stereocenters. The van der Waals surface area contributed by atoms with Crippen molar-refractivity contribution in [3.63, 3.8) is 0 Å². The molecular formula is C23H14Br2FNO3S. The zero-order valence-electron chi connectivity index (χ0n) is 15.8. The second kappa shape index (κ2) is 9.38. The molecule has 8 heteroatoms. The highest BCUT2D eigenvalue weighted by Gasteiger charge is 2.36. The average Bonchev–Trinajstić information content (AvgIpc) is 3.02. The molecule has 1 fully saturated rings. The Kier molecular flexibility index (Phi) is 6.60. The molecule has 0 bridgehead atoms. The lowest BCUT2D eigenvalue weighted by molar-refractivity contribution is -0.113. The number of benzene rings is 3. The van der Waals surface area contributed by atoms with E-state index in [-0.39, 0.29) is 23.6 Å². The Bertz CT molecular complexity index is 1160. The number of amides is 2. The summed E-state index contributed by atoms with van der Waals surface area (Å²) in [6.07, 6.45) is 1.67. The standard InChI is InChI=1S/C23H14Br2FNO3S/c24-18-10-15(11-19(25)21(18)30-13-14-6-8-16(26)9-7-14)12-20-22(28)27(23(29)31-20)17-4-2-1-3-5-17/h1-12H,13H2/b20-12+. The highest BCUT2D eigenvalue weighted by Crippen LogP contribution is 2.39. The number of carbonyl (C=O) groups excluding carboxylic acids is 2. The Morgan fingerprint density at radius 2 is 1.61 bits per heavy atom. The largest absolute Gasteiger partial charge is 0.487 e. The first-order valence-electron chi connectivity index (χ1n) is 9.11. The van der Waals surface area contributed by atoms with Crippen molar-refractivity contribution in [2.45, 2.75) is 6.61 Å². The number of hydrogen-bond donors (Lipinski definition) is 0. The third kappa shape index (κ3) is 4.92. The smallest absolute Gasteiger partial charge is 0.298 e. The summed E-state index contributed by atoms with van der Waals surface area (Å²) in [7, 11) is 0. The summed E-state index contributed by atoms with van der Waals surface area (Å²) in [5.41, 5.74) is 2.10. The van der Waals surface area contributed by atoms with Crippen LogP contribution in [0.4, 0.5) is 14.9 Å². The number of halogens is 3. The second-order valence-electron chi connectivity index (χ2n) is 6.58. The van der Waals surface area contributed by atoms with Crippen LogP contribution >= 0.6 is 43.6 Å². The third-order valence-electron chi connectivity index (χ3n) is 4.42. The molecule has 0 unspecified atom stereocenters. The first kappa shape index (κ1) is 21.8. The monoisotopic (exact) mass is 561 g/mol. The summed E-state index contributed by atoms with van der Waals surface area (Å²) in [6.45, 7) is 0.271. The fraction of sp³-hybridized carbons (Fsp3) is 0.0435. The van der Waals surface area contributed by atoms with Crippen molar-refractivity contribution < 1.29 is 18.7 Å². The zero-order valence-corrected chi connectivity index (χ0v) is 19.8. The molecule has 1 heterocycles. The molecule has 156 valence electrons. The maximum atomic E-state index is 13.1. The van der Waals surface area contributed by atoms with E-state index in [1.54, 1.807) is 54.6 Å². The number of anilines is 1. The van der Waals surface area contributed by atoms with Crippen LogP contribution < -0.4 is 9.64 Å². The van der Waals surface area contributed by atoms with Crippen LogP contribution in [0, 0.1) is 5.82 Å². The lowest BCUT2D eigenvalue weighted by atomic mass is 10.2. The van der Waals surface area contributed by atoms with Gasteiger partial charge in [-0.25, -0.2) is 9.29 Å². The Labute approximate surface area is 199 Å². The number of imide groups is 1. The van der Waals surface area contributed by atoms with Crippen molar-refractivity contribution in [3.05, 3.63) is 97.5 Å². The second-order valence-corrected chi connectivity index (χ2v) is 9.28. The third-order valence-corrected chi connectivity index (χ3v) is 6.47. The number of rotatable bonds is 5. The molecule has 3 aromatic carbocycles. The molecule has 1 aliphatic heterocycles. The first-order valence-corrected chi connectivity index (χ1v) is 11.5. The summed E-state index contributed by atoms with van der Waals surface area (Å²) in [6, 6.07) is 18.5. The van der Waals surface area contributed by atoms with Gasteiger partial charge < -0.3 is 4.74 Å². The Morgan fingerprint density at radius 3 is 2.26 bits per heavy atom. The molecule has 3 aromatic rings. The van der Waals surface area contributed by atoms with Crippen molar-refractivity contribution in [1.82, 2.24) is 0 Å². The molecule has 0 saturated carbocycles. The van der Waals surface area contributed by atoms with Gasteiger partial charge in [0.2, 0.25) is 0 Å². The summed E-state index contributed by atoms with van der Waals surface area (Å²) in [5, 5.41) is -0.333. The Balaban J connectivity index is 1.54. The number of ether oxygens (including phenoxy) is 1. The van der Waals surface area contributed by atoms with E-state index in [1.807, 2.05) is 6.07 Å². The maximum absolute atomic E-state index is 13.1. The predicted octanol–water partition coefficient (Wildman–Crippen LogP) is 7.17. The fourth-order valence-electron chi connectivity index (χ4n) is 2.96. The number of nitrogens with zero attached hydrogens (tertiary/aromatic N) is 1. The van der Waals surface area contributed by atoms with Gasteiger partial charge in [0.1, 0.15) is 18.2 Å². The molecule has 4 rings (SSSR count). The topological polar surface area (TPSA) is 46.6 Å². The van der Waals surface area contributed by atoms with Crippen molar-refractivity contribution >= 4 is 66.5 Å². The minimum atomic E-state index is -0.356. The molecule has 0 aromatic heterocycles. The van der Waals surface area contributed by atoms with E-state index in [0.29, 0.717) is 25.3 Å². The van der Waals surface area contributed by atoms with Gasteiger partial charge in [-0.05, 0) is 97.2 Å². The summed E-state index contributed by atoms with van der Waals surface area (Å²) in [5.74, 6) is -0.0731. The summed E-state index contributed by atoms with van der Waals surface area (Å²) >= 11 is 7.89. The predicted molar refractivity (Wildman–Crippen MR) is 127 cm³/mol. The minimum Gasteiger partial charge on any atom is -0.487 e. The normalized spacial score (nSPS) is 15.1. The van der Waals surface area contributed by atoms with Crippen molar-refractivity contribution in [2.75, 3.05) is 4.90 Å². The van der Waals surface area contributed by atoms with Crippen LogP contribution in [-0.4, -0.2) is 11.1 Å². The van der Waals surface area contributed by atoms with E-state index < -0.39 is 0 Å². The van der Waals surface area contributed by atoms with Crippen LogP contribution in [0.3, 0.4) is 0 Å². The van der Waals surface area contributed by atoms with Crippen molar-refractivity contribution in [3.8, 4) is 5.75 Å². The van der Waals surface area contributed by atoms with Crippen LogP contribution in [0.1, 0.15) is 11.1 Å².